The number of fused-ring (bicyclic) bond motifs is 2. The average Bonchev–Trinajstić information content (AvgIpc) is 2.94. The molecule has 3 unspecified atom stereocenters. The minimum atomic E-state index is -0.595. The molecule has 1 fully saturated rings. The van der Waals surface area contributed by atoms with Crippen molar-refractivity contribution in [2.24, 2.45) is 0 Å². The van der Waals surface area contributed by atoms with Crippen LogP contribution in [0.15, 0.2) is 29.2 Å². The molecule has 2 aliphatic rings. The van der Waals surface area contributed by atoms with Gasteiger partial charge in [-0.05, 0) is 18.6 Å². The van der Waals surface area contributed by atoms with Crippen LogP contribution in [0, 0.1) is 0 Å². The third-order valence-electron chi connectivity index (χ3n) is 4.36. The van der Waals surface area contributed by atoms with E-state index in [-0.39, 0.29) is 6.10 Å². The Morgan fingerprint density at radius 2 is 2.29 bits per heavy atom. The van der Waals surface area contributed by atoms with Crippen molar-refractivity contribution in [3.8, 4) is 11.5 Å². The zero-order valence-corrected chi connectivity index (χ0v) is 13.1. The van der Waals surface area contributed by atoms with Gasteiger partial charge in [0, 0.05) is 6.42 Å². The average molecular weight is 330 g/mol. The molecule has 0 saturated carbocycles. The fraction of sp³-hybridized carbons (Fsp3) is 0.375. The lowest BCUT2D eigenvalue weighted by Crippen LogP contribution is -2.28. The molecule has 0 bridgehead atoms. The molecule has 126 valence electrons. The number of ether oxygens (including phenoxy) is 2. The molecule has 0 spiro atoms. The molecule has 24 heavy (non-hydrogen) atoms. The molecular formula is C16H18N4O4. The highest BCUT2D eigenvalue weighted by molar-refractivity contribution is 5.82. The van der Waals surface area contributed by atoms with Gasteiger partial charge in [-0.2, -0.15) is 4.98 Å². The number of hydrogen-bond donors (Lipinski definition) is 3. The molecule has 3 atom stereocenters. The normalized spacial score (nSPS) is 24.7. The van der Waals surface area contributed by atoms with E-state index in [2.05, 4.69) is 10.3 Å². The number of aliphatic hydroxyl groups excluding tert-OH is 1. The van der Waals surface area contributed by atoms with Gasteiger partial charge < -0.3 is 25.6 Å². The Kier molecular flexibility index (Phi) is 3.43. The van der Waals surface area contributed by atoms with Crippen LogP contribution in [0.2, 0.25) is 0 Å². The lowest BCUT2D eigenvalue weighted by atomic mass is 10.1. The van der Waals surface area contributed by atoms with Crippen LogP contribution < -0.4 is 21.5 Å². The fourth-order valence-electron chi connectivity index (χ4n) is 3.08. The maximum absolute atomic E-state index is 12.3. The summed E-state index contributed by atoms with van der Waals surface area (Å²) in [7, 11) is 0. The van der Waals surface area contributed by atoms with Crippen molar-refractivity contribution < 1.29 is 14.6 Å². The number of nitrogens with one attached hydrogen (secondary N) is 1. The molecule has 3 heterocycles. The van der Waals surface area contributed by atoms with Gasteiger partial charge in [-0.15, -0.1) is 0 Å². The van der Waals surface area contributed by atoms with E-state index < -0.39 is 18.0 Å². The Bertz CT molecular complexity index is 850. The van der Waals surface area contributed by atoms with E-state index in [4.69, 9.17) is 15.2 Å². The van der Waals surface area contributed by atoms with E-state index in [0.717, 1.165) is 0 Å². The maximum atomic E-state index is 12.3. The zero-order valence-electron chi connectivity index (χ0n) is 13.1. The monoisotopic (exact) mass is 330 g/mol. The summed E-state index contributed by atoms with van der Waals surface area (Å²) in [5, 5.41) is 13.0. The molecule has 2 aromatic rings. The molecule has 8 nitrogen and oxygen atoms in total. The van der Waals surface area contributed by atoms with Crippen molar-refractivity contribution in [1.82, 2.24) is 9.55 Å². The van der Waals surface area contributed by atoms with Gasteiger partial charge >= 0.3 is 5.69 Å². The van der Waals surface area contributed by atoms with E-state index >= 15 is 0 Å². The second-order valence-electron chi connectivity index (χ2n) is 5.93. The Morgan fingerprint density at radius 1 is 1.46 bits per heavy atom. The van der Waals surface area contributed by atoms with Crippen molar-refractivity contribution in [2.75, 3.05) is 11.1 Å². The minimum absolute atomic E-state index is 0.280. The summed E-state index contributed by atoms with van der Waals surface area (Å²) in [5.41, 5.74) is 6.54. The van der Waals surface area contributed by atoms with Gasteiger partial charge in [0.25, 0.3) is 0 Å². The predicted molar refractivity (Wildman–Crippen MR) is 87.5 cm³/mol. The lowest BCUT2D eigenvalue weighted by molar-refractivity contribution is -0.0218. The van der Waals surface area contributed by atoms with E-state index in [1.165, 1.54) is 4.57 Å². The third-order valence-corrected chi connectivity index (χ3v) is 4.36. The van der Waals surface area contributed by atoms with Crippen molar-refractivity contribution in [1.29, 1.82) is 0 Å². The molecule has 8 heteroatoms. The summed E-state index contributed by atoms with van der Waals surface area (Å²) < 4.78 is 12.9. The topological polar surface area (TPSA) is 112 Å². The second-order valence-corrected chi connectivity index (χ2v) is 5.93. The van der Waals surface area contributed by atoms with Gasteiger partial charge in [0.1, 0.15) is 11.9 Å². The first-order chi connectivity index (χ1) is 11.6. The smallest absolute Gasteiger partial charge is 0.351 e. The molecular weight excluding hydrogens is 312 g/mol. The fourth-order valence-corrected chi connectivity index (χ4v) is 3.08. The first kappa shape index (κ1) is 15.0. The van der Waals surface area contributed by atoms with E-state index in [9.17, 15) is 9.90 Å². The van der Waals surface area contributed by atoms with E-state index in [1.807, 2.05) is 6.92 Å². The Labute approximate surface area is 137 Å². The van der Waals surface area contributed by atoms with Crippen molar-refractivity contribution in [2.45, 2.75) is 38.2 Å². The summed E-state index contributed by atoms with van der Waals surface area (Å²) in [4.78, 5) is 16.4. The molecule has 4 rings (SSSR count). The lowest BCUT2D eigenvalue weighted by Gasteiger charge is -2.23. The highest BCUT2D eigenvalue weighted by Crippen LogP contribution is 2.43. The van der Waals surface area contributed by atoms with Crippen LogP contribution in [0.4, 0.5) is 17.2 Å². The van der Waals surface area contributed by atoms with Gasteiger partial charge in [-0.3, -0.25) is 4.57 Å². The number of rotatable bonds is 2. The van der Waals surface area contributed by atoms with Crippen molar-refractivity contribution >= 4 is 17.2 Å². The summed E-state index contributed by atoms with van der Waals surface area (Å²) in [6.45, 7) is 1.93. The third kappa shape index (κ3) is 2.31. The molecule has 0 amide bonds. The summed E-state index contributed by atoms with van der Waals surface area (Å²) in [6, 6.07) is 5.30. The number of nitrogens with zero attached hydrogens (tertiary/aromatic N) is 2. The van der Waals surface area contributed by atoms with Gasteiger partial charge in [0.15, 0.2) is 17.3 Å². The summed E-state index contributed by atoms with van der Waals surface area (Å²) >= 11 is 0. The van der Waals surface area contributed by atoms with Crippen LogP contribution in [0.1, 0.15) is 26.0 Å². The molecule has 1 aromatic carbocycles. The minimum Gasteiger partial charge on any atom is -0.450 e. The number of nitrogen functional groups attached to an aromatic ring is 1. The van der Waals surface area contributed by atoms with Gasteiger partial charge in [0.2, 0.25) is 0 Å². The molecule has 2 aliphatic heterocycles. The number of aliphatic hydroxyl groups is 1. The number of benzene rings is 1. The van der Waals surface area contributed by atoms with E-state index in [1.54, 1.807) is 24.4 Å². The molecule has 1 aromatic heterocycles. The van der Waals surface area contributed by atoms with Crippen LogP contribution in [0.25, 0.3) is 0 Å². The molecule has 4 N–H and O–H groups in total. The number of para-hydroxylation sites is 1. The number of aromatic nitrogens is 2. The summed E-state index contributed by atoms with van der Waals surface area (Å²) in [5.74, 6) is 1.28. The Morgan fingerprint density at radius 3 is 3.04 bits per heavy atom. The van der Waals surface area contributed by atoms with Gasteiger partial charge in [0.05, 0.1) is 24.1 Å². The first-order valence-corrected chi connectivity index (χ1v) is 7.87. The highest BCUT2D eigenvalue weighted by atomic mass is 16.5. The van der Waals surface area contributed by atoms with Crippen LogP contribution in [0.5, 0.6) is 11.5 Å². The van der Waals surface area contributed by atoms with Crippen LogP contribution >= 0.6 is 0 Å². The maximum Gasteiger partial charge on any atom is 0.351 e. The number of anilines is 3. The predicted octanol–water partition coefficient (Wildman–Crippen LogP) is 1.73. The van der Waals surface area contributed by atoms with Crippen LogP contribution in [-0.2, 0) is 4.74 Å². The van der Waals surface area contributed by atoms with Crippen LogP contribution in [0.3, 0.4) is 0 Å². The largest absolute Gasteiger partial charge is 0.450 e. The SMILES string of the molecule is CCC1OC(n2cc3c(nc2=O)Nc2c(N)cccc2O3)CC1O. The zero-order chi connectivity index (χ0) is 16.8. The second kappa shape index (κ2) is 5.50. The van der Waals surface area contributed by atoms with Crippen molar-refractivity contribution in [3.05, 3.63) is 34.9 Å². The standard InChI is InChI=1S/C16H18N4O4/c1-2-10-9(21)6-13(24-10)20-7-12-15(19-16(20)22)18-14-8(17)4-3-5-11(14)23-12/h3-5,7,9-10,13,21H,2,6,17H2,1H3,(H,18,19,22). The molecule has 0 aliphatic carbocycles. The quantitative estimate of drug-likeness (QED) is 0.613. The van der Waals surface area contributed by atoms with Crippen molar-refractivity contribution in [3.63, 3.8) is 0 Å². The molecule has 0 radical (unpaired) electrons. The van der Waals surface area contributed by atoms with Gasteiger partial charge in [-0.1, -0.05) is 13.0 Å². The molecule has 1 saturated heterocycles. The van der Waals surface area contributed by atoms with Crippen LogP contribution in [-0.4, -0.2) is 26.9 Å². The Hall–Kier alpha value is -2.58. The van der Waals surface area contributed by atoms with E-state index in [0.29, 0.717) is 41.5 Å². The summed E-state index contributed by atoms with van der Waals surface area (Å²) in [6.07, 6.45) is 1.14. The first-order valence-electron chi connectivity index (χ1n) is 7.87. The number of hydrogen-bond acceptors (Lipinski definition) is 7. The Balaban J connectivity index is 1.70. The van der Waals surface area contributed by atoms with Gasteiger partial charge in [-0.25, -0.2) is 4.79 Å². The number of nitrogens with two attached hydrogens (primary N) is 1. The highest BCUT2D eigenvalue weighted by Gasteiger charge is 2.35.